The molecule has 1 saturated carbocycles. The molecule has 0 unspecified atom stereocenters. The first-order valence-corrected chi connectivity index (χ1v) is 4.52. The molecule has 1 N–H and O–H groups in total. The lowest BCUT2D eigenvalue weighted by atomic mass is 10.2. The topological polar surface area (TPSA) is 24.9 Å². The van der Waals surface area contributed by atoms with Crippen LogP contribution in [0.15, 0.2) is 12.3 Å². The Morgan fingerprint density at radius 1 is 1.58 bits per heavy atom. The number of nitrogens with one attached hydrogen (secondary N) is 1. The van der Waals surface area contributed by atoms with Crippen LogP contribution in [0, 0.1) is 6.92 Å². The third kappa shape index (κ3) is 1.69. The first kappa shape index (κ1) is 7.87. The lowest BCUT2D eigenvalue weighted by molar-refractivity contribution is 1.13. The van der Waals surface area contributed by atoms with Crippen molar-refractivity contribution in [3.8, 4) is 0 Å². The maximum atomic E-state index is 5.73. The fraction of sp³-hybridized carbons (Fsp3) is 0.444. The van der Waals surface area contributed by atoms with Crippen LogP contribution in [0.25, 0.3) is 0 Å². The molecule has 3 heteroatoms. The molecular weight excluding hydrogens is 172 g/mol. The minimum Gasteiger partial charge on any atom is -0.381 e. The van der Waals surface area contributed by atoms with Crippen molar-refractivity contribution >= 4 is 17.3 Å². The molecule has 1 heterocycles. The summed E-state index contributed by atoms with van der Waals surface area (Å²) in [6, 6.07) is 2.55. The summed E-state index contributed by atoms with van der Waals surface area (Å²) in [4.78, 5) is 4.02. The van der Waals surface area contributed by atoms with Crippen LogP contribution in [-0.4, -0.2) is 11.0 Å². The van der Waals surface area contributed by atoms with Gasteiger partial charge in [0, 0.05) is 6.04 Å². The molecule has 0 amide bonds. The Labute approximate surface area is 77.0 Å². The second-order valence-electron chi connectivity index (χ2n) is 3.24. The predicted octanol–water partition coefficient (Wildman–Crippen LogP) is 2.62. The van der Waals surface area contributed by atoms with Crippen LogP contribution in [-0.2, 0) is 0 Å². The van der Waals surface area contributed by atoms with Crippen molar-refractivity contribution in [1.82, 2.24) is 4.98 Å². The van der Waals surface area contributed by atoms with Gasteiger partial charge < -0.3 is 5.32 Å². The number of hydrogen-bond donors (Lipinski definition) is 1. The van der Waals surface area contributed by atoms with Gasteiger partial charge >= 0.3 is 0 Å². The van der Waals surface area contributed by atoms with Gasteiger partial charge in [-0.3, -0.25) is 0 Å². The molecule has 0 bridgehead atoms. The lowest BCUT2D eigenvalue weighted by Crippen LogP contribution is -2.02. The van der Waals surface area contributed by atoms with Crippen molar-refractivity contribution in [3.05, 3.63) is 23.0 Å². The Hall–Kier alpha value is -0.760. The van der Waals surface area contributed by atoms with Gasteiger partial charge in [0.1, 0.15) is 5.15 Å². The van der Waals surface area contributed by atoms with E-state index in [-0.39, 0.29) is 0 Å². The predicted molar refractivity (Wildman–Crippen MR) is 50.6 cm³/mol. The fourth-order valence-corrected chi connectivity index (χ4v) is 1.33. The molecule has 0 radical (unpaired) electrons. The van der Waals surface area contributed by atoms with E-state index in [2.05, 4.69) is 10.3 Å². The SMILES string of the molecule is Cc1cc(Cl)ncc1NC1CC1. The van der Waals surface area contributed by atoms with Crippen LogP contribution >= 0.6 is 11.6 Å². The number of hydrogen-bond acceptors (Lipinski definition) is 2. The number of aryl methyl sites for hydroxylation is 1. The van der Waals surface area contributed by atoms with Crippen molar-refractivity contribution in [2.45, 2.75) is 25.8 Å². The molecule has 2 rings (SSSR count). The van der Waals surface area contributed by atoms with Crippen LogP contribution < -0.4 is 5.32 Å². The van der Waals surface area contributed by atoms with Gasteiger partial charge in [-0.25, -0.2) is 4.98 Å². The third-order valence-corrected chi connectivity index (χ3v) is 2.22. The zero-order valence-electron chi connectivity index (χ0n) is 6.97. The Bertz CT molecular complexity index is 295. The average Bonchev–Trinajstić information content (AvgIpc) is 2.79. The summed E-state index contributed by atoms with van der Waals surface area (Å²) in [5.41, 5.74) is 2.28. The van der Waals surface area contributed by atoms with Crippen molar-refractivity contribution in [2.24, 2.45) is 0 Å². The van der Waals surface area contributed by atoms with Gasteiger partial charge in [0.05, 0.1) is 11.9 Å². The fourth-order valence-electron chi connectivity index (χ4n) is 1.12. The van der Waals surface area contributed by atoms with Crippen molar-refractivity contribution in [2.75, 3.05) is 5.32 Å². The molecule has 0 aliphatic heterocycles. The van der Waals surface area contributed by atoms with Gasteiger partial charge in [0.15, 0.2) is 0 Å². The van der Waals surface area contributed by atoms with Gasteiger partial charge in [0.25, 0.3) is 0 Å². The number of pyridine rings is 1. The van der Waals surface area contributed by atoms with E-state index in [9.17, 15) is 0 Å². The second-order valence-corrected chi connectivity index (χ2v) is 3.63. The van der Waals surface area contributed by atoms with Crippen molar-refractivity contribution in [3.63, 3.8) is 0 Å². The van der Waals surface area contributed by atoms with Gasteiger partial charge in [-0.15, -0.1) is 0 Å². The van der Waals surface area contributed by atoms with Gasteiger partial charge in [-0.2, -0.15) is 0 Å². The zero-order chi connectivity index (χ0) is 8.55. The molecule has 1 aliphatic carbocycles. The molecule has 0 atom stereocenters. The summed E-state index contributed by atoms with van der Waals surface area (Å²) < 4.78 is 0. The van der Waals surface area contributed by atoms with E-state index in [1.807, 2.05) is 13.0 Å². The van der Waals surface area contributed by atoms with Crippen LogP contribution in [0.3, 0.4) is 0 Å². The molecule has 1 aromatic heterocycles. The molecule has 12 heavy (non-hydrogen) atoms. The molecule has 0 spiro atoms. The highest BCUT2D eigenvalue weighted by Crippen LogP contribution is 2.26. The van der Waals surface area contributed by atoms with E-state index in [0.29, 0.717) is 11.2 Å². The minimum absolute atomic E-state index is 0.564. The maximum Gasteiger partial charge on any atom is 0.129 e. The van der Waals surface area contributed by atoms with E-state index >= 15 is 0 Å². The van der Waals surface area contributed by atoms with Crippen LogP contribution in [0.1, 0.15) is 18.4 Å². The first-order chi connectivity index (χ1) is 5.75. The molecule has 0 aromatic carbocycles. The summed E-state index contributed by atoms with van der Waals surface area (Å²) in [7, 11) is 0. The highest BCUT2D eigenvalue weighted by Gasteiger charge is 2.21. The average molecular weight is 183 g/mol. The number of rotatable bonds is 2. The van der Waals surface area contributed by atoms with Crippen LogP contribution in [0.2, 0.25) is 5.15 Å². The van der Waals surface area contributed by atoms with E-state index in [1.54, 1.807) is 6.20 Å². The molecule has 1 fully saturated rings. The van der Waals surface area contributed by atoms with E-state index in [4.69, 9.17) is 11.6 Å². The van der Waals surface area contributed by atoms with Crippen LogP contribution in [0.4, 0.5) is 5.69 Å². The van der Waals surface area contributed by atoms with Gasteiger partial charge in [-0.05, 0) is 31.4 Å². The standard InChI is InChI=1S/C9H11ClN2/c1-6-4-9(10)11-5-8(6)12-7-2-3-7/h4-5,7,12H,2-3H2,1H3. The highest BCUT2D eigenvalue weighted by atomic mass is 35.5. The van der Waals surface area contributed by atoms with E-state index in [1.165, 1.54) is 18.4 Å². The monoisotopic (exact) mass is 182 g/mol. The van der Waals surface area contributed by atoms with Gasteiger partial charge in [0.2, 0.25) is 0 Å². The first-order valence-electron chi connectivity index (χ1n) is 4.14. The summed E-state index contributed by atoms with van der Waals surface area (Å²) in [6.45, 7) is 2.04. The number of halogens is 1. The number of nitrogens with zero attached hydrogens (tertiary/aromatic N) is 1. The molecule has 1 aromatic rings. The van der Waals surface area contributed by atoms with Crippen molar-refractivity contribution < 1.29 is 0 Å². The minimum atomic E-state index is 0.564. The summed E-state index contributed by atoms with van der Waals surface area (Å²) >= 11 is 5.73. The summed E-state index contributed by atoms with van der Waals surface area (Å²) in [6.07, 6.45) is 4.36. The highest BCUT2D eigenvalue weighted by molar-refractivity contribution is 6.29. The Kier molecular flexibility index (Phi) is 1.93. The third-order valence-electron chi connectivity index (χ3n) is 2.01. The normalized spacial score (nSPS) is 16.2. The van der Waals surface area contributed by atoms with Gasteiger partial charge in [-0.1, -0.05) is 11.6 Å². The zero-order valence-corrected chi connectivity index (χ0v) is 7.73. The summed E-state index contributed by atoms with van der Waals surface area (Å²) in [5.74, 6) is 0. The lowest BCUT2D eigenvalue weighted by Gasteiger charge is -2.06. The summed E-state index contributed by atoms with van der Waals surface area (Å²) in [5, 5.41) is 3.95. The Morgan fingerprint density at radius 3 is 2.92 bits per heavy atom. The maximum absolute atomic E-state index is 5.73. The smallest absolute Gasteiger partial charge is 0.129 e. The molecule has 0 saturated heterocycles. The number of anilines is 1. The van der Waals surface area contributed by atoms with E-state index < -0.39 is 0 Å². The molecule has 1 aliphatic rings. The Morgan fingerprint density at radius 2 is 2.33 bits per heavy atom. The quantitative estimate of drug-likeness (QED) is 0.712. The molecule has 64 valence electrons. The van der Waals surface area contributed by atoms with Crippen LogP contribution in [0.5, 0.6) is 0 Å². The number of aromatic nitrogens is 1. The second kappa shape index (κ2) is 2.94. The molecule has 2 nitrogen and oxygen atoms in total. The largest absolute Gasteiger partial charge is 0.381 e. The van der Waals surface area contributed by atoms with E-state index in [0.717, 1.165) is 5.69 Å². The van der Waals surface area contributed by atoms with Crippen molar-refractivity contribution in [1.29, 1.82) is 0 Å². The Balaban J connectivity index is 2.18. The molecular formula is C9H11ClN2.